The number of aromatic nitrogens is 1. The maximum absolute atomic E-state index is 12.5. The third-order valence-electron chi connectivity index (χ3n) is 3.63. The number of methoxy groups -OCH3 is 1. The Bertz CT molecular complexity index is 893. The van der Waals surface area contributed by atoms with Gasteiger partial charge in [0, 0.05) is 17.1 Å². The summed E-state index contributed by atoms with van der Waals surface area (Å²) in [5.41, 5.74) is 3.12. The highest BCUT2D eigenvalue weighted by Gasteiger charge is 2.12. The van der Waals surface area contributed by atoms with E-state index in [2.05, 4.69) is 10.3 Å². The van der Waals surface area contributed by atoms with Gasteiger partial charge in [-0.15, -0.1) is 0 Å². The van der Waals surface area contributed by atoms with E-state index >= 15 is 0 Å². The van der Waals surface area contributed by atoms with Crippen LogP contribution in [0.1, 0.15) is 15.9 Å². The second-order valence-electron chi connectivity index (χ2n) is 5.13. The quantitative estimate of drug-likeness (QED) is 0.773. The molecular weight excluding hydrogens is 312 g/mol. The first kappa shape index (κ1) is 15.3. The highest BCUT2D eigenvalue weighted by Crippen LogP contribution is 2.27. The normalized spacial score (nSPS) is 10.6. The number of carbonyl (C=O) groups excluding carboxylic acids is 1. The van der Waals surface area contributed by atoms with Crippen LogP contribution in [0.4, 0.5) is 5.69 Å². The van der Waals surface area contributed by atoms with Crippen LogP contribution in [0.15, 0.2) is 48.7 Å². The lowest BCUT2D eigenvalue weighted by molar-refractivity contribution is 0.102. The number of benzene rings is 2. The molecule has 0 bridgehead atoms. The SMILES string of the molecule is COc1ccc(C(=O)Nc2ccc(C)c3ncccc23)cc1Cl. The van der Waals surface area contributed by atoms with E-state index in [9.17, 15) is 4.79 Å². The van der Waals surface area contributed by atoms with Gasteiger partial charge in [0.2, 0.25) is 0 Å². The third kappa shape index (κ3) is 2.98. The molecule has 0 atom stereocenters. The molecule has 1 aromatic heterocycles. The fourth-order valence-electron chi connectivity index (χ4n) is 2.43. The van der Waals surface area contributed by atoms with Crippen molar-refractivity contribution in [1.29, 1.82) is 0 Å². The summed E-state index contributed by atoms with van der Waals surface area (Å²) < 4.78 is 5.10. The van der Waals surface area contributed by atoms with E-state index in [-0.39, 0.29) is 5.91 Å². The summed E-state index contributed by atoms with van der Waals surface area (Å²) >= 11 is 6.08. The summed E-state index contributed by atoms with van der Waals surface area (Å²) in [6, 6.07) is 12.5. The van der Waals surface area contributed by atoms with E-state index in [1.54, 1.807) is 24.4 Å². The van der Waals surface area contributed by atoms with Gasteiger partial charge in [-0.1, -0.05) is 17.7 Å². The molecule has 1 amide bonds. The van der Waals surface area contributed by atoms with Gasteiger partial charge in [0.25, 0.3) is 5.91 Å². The number of nitrogens with one attached hydrogen (secondary N) is 1. The number of rotatable bonds is 3. The van der Waals surface area contributed by atoms with Crippen molar-refractivity contribution in [1.82, 2.24) is 4.98 Å². The van der Waals surface area contributed by atoms with Crippen molar-refractivity contribution < 1.29 is 9.53 Å². The molecular formula is C18H15ClN2O2. The van der Waals surface area contributed by atoms with Gasteiger partial charge in [-0.05, 0) is 48.9 Å². The average Bonchev–Trinajstić information content (AvgIpc) is 2.57. The molecule has 0 fully saturated rings. The first-order chi connectivity index (χ1) is 11.1. The predicted molar refractivity (Wildman–Crippen MR) is 92.4 cm³/mol. The van der Waals surface area contributed by atoms with Crippen molar-refractivity contribution >= 4 is 34.1 Å². The van der Waals surface area contributed by atoms with Crippen LogP contribution in [0.25, 0.3) is 10.9 Å². The topological polar surface area (TPSA) is 51.2 Å². The summed E-state index contributed by atoms with van der Waals surface area (Å²) in [7, 11) is 1.53. The maximum Gasteiger partial charge on any atom is 0.255 e. The van der Waals surface area contributed by atoms with Crippen LogP contribution in [0, 0.1) is 6.92 Å². The summed E-state index contributed by atoms with van der Waals surface area (Å²) in [6.45, 7) is 1.99. The monoisotopic (exact) mass is 326 g/mol. The lowest BCUT2D eigenvalue weighted by Gasteiger charge is -2.11. The van der Waals surface area contributed by atoms with E-state index in [0.29, 0.717) is 16.3 Å². The van der Waals surface area contributed by atoms with Gasteiger partial charge in [-0.3, -0.25) is 9.78 Å². The Hall–Kier alpha value is -2.59. The molecule has 0 spiro atoms. The molecule has 0 aliphatic carbocycles. The second-order valence-corrected chi connectivity index (χ2v) is 5.54. The van der Waals surface area contributed by atoms with Crippen LogP contribution in [0.2, 0.25) is 5.02 Å². The number of anilines is 1. The third-order valence-corrected chi connectivity index (χ3v) is 3.93. The van der Waals surface area contributed by atoms with Gasteiger partial charge >= 0.3 is 0 Å². The Morgan fingerprint density at radius 2 is 2.04 bits per heavy atom. The lowest BCUT2D eigenvalue weighted by atomic mass is 10.1. The molecule has 3 aromatic rings. The van der Waals surface area contributed by atoms with E-state index in [1.165, 1.54) is 7.11 Å². The molecule has 0 saturated carbocycles. The van der Waals surface area contributed by atoms with Crippen molar-refractivity contribution in [2.45, 2.75) is 6.92 Å². The number of nitrogens with zero attached hydrogens (tertiary/aromatic N) is 1. The number of halogens is 1. The Morgan fingerprint density at radius 1 is 1.22 bits per heavy atom. The van der Waals surface area contributed by atoms with Crippen molar-refractivity contribution in [2.75, 3.05) is 12.4 Å². The molecule has 23 heavy (non-hydrogen) atoms. The van der Waals surface area contributed by atoms with Crippen LogP contribution in [-0.4, -0.2) is 18.0 Å². The summed E-state index contributed by atoms with van der Waals surface area (Å²) in [5.74, 6) is 0.303. The molecule has 1 heterocycles. The molecule has 116 valence electrons. The zero-order chi connectivity index (χ0) is 16.4. The minimum absolute atomic E-state index is 0.233. The highest BCUT2D eigenvalue weighted by molar-refractivity contribution is 6.32. The second kappa shape index (κ2) is 6.26. The maximum atomic E-state index is 12.5. The van der Waals surface area contributed by atoms with Gasteiger partial charge in [0.15, 0.2) is 0 Å². The fourth-order valence-corrected chi connectivity index (χ4v) is 2.68. The fraction of sp³-hybridized carbons (Fsp3) is 0.111. The van der Waals surface area contributed by atoms with Gasteiger partial charge in [-0.25, -0.2) is 0 Å². The lowest BCUT2D eigenvalue weighted by Crippen LogP contribution is -2.12. The molecule has 5 heteroatoms. The van der Waals surface area contributed by atoms with Gasteiger partial charge in [-0.2, -0.15) is 0 Å². The Kier molecular flexibility index (Phi) is 4.17. The molecule has 2 aromatic carbocycles. The number of hydrogen-bond donors (Lipinski definition) is 1. The number of carbonyl (C=O) groups is 1. The van der Waals surface area contributed by atoms with Crippen molar-refractivity contribution in [3.63, 3.8) is 0 Å². The van der Waals surface area contributed by atoms with Gasteiger partial charge in [0.05, 0.1) is 23.3 Å². The van der Waals surface area contributed by atoms with Gasteiger partial charge in [0.1, 0.15) is 5.75 Å². The van der Waals surface area contributed by atoms with Crippen molar-refractivity contribution in [3.05, 3.63) is 64.8 Å². The number of hydrogen-bond acceptors (Lipinski definition) is 3. The number of pyridine rings is 1. The molecule has 0 aliphatic heterocycles. The first-order valence-electron chi connectivity index (χ1n) is 7.09. The van der Waals surface area contributed by atoms with Crippen LogP contribution < -0.4 is 10.1 Å². The van der Waals surface area contributed by atoms with E-state index < -0.39 is 0 Å². The zero-order valence-corrected chi connectivity index (χ0v) is 13.5. The molecule has 0 saturated heterocycles. The van der Waals surface area contributed by atoms with Crippen LogP contribution >= 0.6 is 11.6 Å². The molecule has 1 N–H and O–H groups in total. The van der Waals surface area contributed by atoms with E-state index in [0.717, 1.165) is 22.2 Å². The van der Waals surface area contributed by atoms with E-state index in [4.69, 9.17) is 16.3 Å². The Labute approximate surface area is 139 Å². The molecule has 3 rings (SSSR count). The largest absolute Gasteiger partial charge is 0.495 e. The van der Waals surface area contributed by atoms with Crippen LogP contribution in [-0.2, 0) is 0 Å². The van der Waals surface area contributed by atoms with Gasteiger partial charge < -0.3 is 10.1 Å². The Morgan fingerprint density at radius 3 is 2.78 bits per heavy atom. The Balaban J connectivity index is 1.95. The standard InChI is InChI=1S/C18H15ClN2O2/c1-11-5-7-15(13-4-3-9-20-17(11)13)21-18(22)12-6-8-16(23-2)14(19)10-12/h3-10H,1-2H3,(H,21,22). The molecule has 0 unspecified atom stereocenters. The van der Waals surface area contributed by atoms with E-state index in [1.807, 2.05) is 31.2 Å². The molecule has 0 aliphatic rings. The average molecular weight is 327 g/mol. The van der Waals surface area contributed by atoms with Crippen LogP contribution in [0.3, 0.4) is 0 Å². The van der Waals surface area contributed by atoms with Crippen molar-refractivity contribution in [3.8, 4) is 5.75 Å². The number of aryl methyl sites for hydroxylation is 1. The minimum atomic E-state index is -0.233. The van der Waals surface area contributed by atoms with Crippen molar-refractivity contribution in [2.24, 2.45) is 0 Å². The number of ether oxygens (including phenoxy) is 1. The smallest absolute Gasteiger partial charge is 0.255 e. The minimum Gasteiger partial charge on any atom is -0.495 e. The summed E-state index contributed by atoms with van der Waals surface area (Å²) in [4.78, 5) is 16.8. The summed E-state index contributed by atoms with van der Waals surface area (Å²) in [5, 5.41) is 4.22. The predicted octanol–water partition coefficient (Wildman–Crippen LogP) is 4.46. The number of fused-ring (bicyclic) bond motifs is 1. The number of amides is 1. The zero-order valence-electron chi connectivity index (χ0n) is 12.8. The first-order valence-corrected chi connectivity index (χ1v) is 7.47. The molecule has 0 radical (unpaired) electrons. The molecule has 4 nitrogen and oxygen atoms in total. The highest BCUT2D eigenvalue weighted by atomic mass is 35.5. The summed E-state index contributed by atoms with van der Waals surface area (Å²) in [6.07, 6.45) is 1.74. The van der Waals surface area contributed by atoms with Crippen LogP contribution in [0.5, 0.6) is 5.75 Å².